The molecule has 1 fully saturated rings. The predicted molar refractivity (Wildman–Crippen MR) is 74.2 cm³/mol. The molecule has 1 aliphatic rings. The van der Waals surface area contributed by atoms with E-state index in [1.807, 2.05) is 0 Å². The lowest BCUT2D eigenvalue weighted by Crippen LogP contribution is -2.15. The van der Waals surface area contributed by atoms with Crippen LogP contribution in [0.2, 0.25) is 0 Å². The average Bonchev–Trinajstić information content (AvgIpc) is 2.78. The van der Waals surface area contributed by atoms with Gasteiger partial charge in [-0.2, -0.15) is 0 Å². The number of sulfone groups is 1. The molecule has 0 bridgehead atoms. The Kier molecular flexibility index (Phi) is 4.29. The SMILES string of the molecule is Nc1cc(Br)ccc1S(=O)(=O)CCC1CCCO1. The fourth-order valence-electron chi connectivity index (χ4n) is 2.07. The molecule has 2 rings (SSSR count). The number of nitrogen functional groups attached to an aromatic ring is 1. The molecule has 1 atom stereocenters. The van der Waals surface area contributed by atoms with Crippen LogP contribution in [0.3, 0.4) is 0 Å². The molecule has 1 aliphatic heterocycles. The van der Waals surface area contributed by atoms with Crippen LogP contribution in [0, 0.1) is 0 Å². The highest BCUT2D eigenvalue weighted by molar-refractivity contribution is 9.10. The summed E-state index contributed by atoms with van der Waals surface area (Å²) in [5, 5.41) is 0. The van der Waals surface area contributed by atoms with Crippen LogP contribution in [-0.2, 0) is 14.6 Å². The van der Waals surface area contributed by atoms with Crippen LogP contribution in [0.25, 0.3) is 0 Å². The van der Waals surface area contributed by atoms with E-state index in [1.165, 1.54) is 0 Å². The van der Waals surface area contributed by atoms with Gasteiger partial charge < -0.3 is 10.5 Å². The van der Waals surface area contributed by atoms with Gasteiger partial charge in [-0.05, 0) is 37.5 Å². The maximum absolute atomic E-state index is 12.2. The Morgan fingerprint density at radius 2 is 2.22 bits per heavy atom. The zero-order valence-corrected chi connectivity index (χ0v) is 12.3. The second-order valence-corrected chi connectivity index (χ2v) is 7.42. The molecule has 1 saturated heterocycles. The van der Waals surface area contributed by atoms with Gasteiger partial charge in [0.2, 0.25) is 0 Å². The van der Waals surface area contributed by atoms with Crippen molar-refractivity contribution in [3.63, 3.8) is 0 Å². The zero-order chi connectivity index (χ0) is 13.2. The second-order valence-electron chi connectivity index (χ2n) is 4.42. The third-order valence-corrected chi connectivity index (χ3v) is 5.35. The van der Waals surface area contributed by atoms with E-state index in [0.717, 1.165) is 23.9 Å². The van der Waals surface area contributed by atoms with Crippen molar-refractivity contribution in [1.82, 2.24) is 0 Å². The summed E-state index contributed by atoms with van der Waals surface area (Å²) < 4.78 is 30.5. The lowest BCUT2D eigenvalue weighted by Gasteiger charge is -2.11. The highest BCUT2D eigenvalue weighted by Crippen LogP contribution is 2.25. The van der Waals surface area contributed by atoms with Gasteiger partial charge in [0, 0.05) is 11.1 Å². The van der Waals surface area contributed by atoms with E-state index < -0.39 is 9.84 Å². The van der Waals surface area contributed by atoms with Gasteiger partial charge in [0.1, 0.15) is 0 Å². The molecular formula is C12H16BrNO3S. The Morgan fingerprint density at radius 1 is 1.44 bits per heavy atom. The molecule has 6 heteroatoms. The quantitative estimate of drug-likeness (QED) is 0.859. The molecule has 2 N–H and O–H groups in total. The third kappa shape index (κ3) is 3.24. The van der Waals surface area contributed by atoms with E-state index in [4.69, 9.17) is 10.5 Å². The Balaban J connectivity index is 2.09. The van der Waals surface area contributed by atoms with Crippen LogP contribution in [0.1, 0.15) is 19.3 Å². The molecular weight excluding hydrogens is 318 g/mol. The van der Waals surface area contributed by atoms with Crippen molar-refractivity contribution >= 4 is 31.5 Å². The van der Waals surface area contributed by atoms with Crippen LogP contribution < -0.4 is 5.73 Å². The lowest BCUT2D eigenvalue weighted by atomic mass is 10.2. The normalized spacial score (nSPS) is 20.2. The molecule has 0 aromatic heterocycles. The summed E-state index contributed by atoms with van der Waals surface area (Å²) in [6.07, 6.45) is 2.59. The van der Waals surface area contributed by atoms with Gasteiger partial charge in [0.05, 0.1) is 22.4 Å². The first kappa shape index (κ1) is 13.8. The maximum Gasteiger partial charge on any atom is 0.180 e. The summed E-state index contributed by atoms with van der Waals surface area (Å²) in [5.41, 5.74) is 6.04. The minimum absolute atomic E-state index is 0.0800. The highest BCUT2D eigenvalue weighted by Gasteiger charge is 2.22. The first-order valence-electron chi connectivity index (χ1n) is 5.88. The fraction of sp³-hybridized carbons (Fsp3) is 0.500. The van der Waals surface area contributed by atoms with Gasteiger partial charge in [-0.3, -0.25) is 0 Å². The Morgan fingerprint density at radius 3 is 2.83 bits per heavy atom. The number of anilines is 1. The molecule has 0 amide bonds. The number of benzene rings is 1. The lowest BCUT2D eigenvalue weighted by molar-refractivity contribution is 0.109. The van der Waals surface area contributed by atoms with Crippen molar-refractivity contribution < 1.29 is 13.2 Å². The number of hydrogen-bond acceptors (Lipinski definition) is 4. The van der Waals surface area contributed by atoms with Crippen molar-refractivity contribution in [2.24, 2.45) is 0 Å². The van der Waals surface area contributed by atoms with Crippen LogP contribution >= 0.6 is 15.9 Å². The minimum Gasteiger partial charge on any atom is -0.398 e. The summed E-state index contributed by atoms with van der Waals surface area (Å²) in [6, 6.07) is 4.85. The van der Waals surface area contributed by atoms with Crippen molar-refractivity contribution in [2.45, 2.75) is 30.3 Å². The standard InChI is InChI=1S/C12H16BrNO3S/c13-9-3-4-12(11(14)8-9)18(15,16)7-5-10-2-1-6-17-10/h3-4,8,10H,1-2,5-7,14H2. The summed E-state index contributed by atoms with van der Waals surface area (Å²) in [4.78, 5) is 0.212. The van der Waals surface area contributed by atoms with Crippen LogP contribution in [0.4, 0.5) is 5.69 Å². The molecule has 1 aromatic rings. The van der Waals surface area contributed by atoms with E-state index in [9.17, 15) is 8.42 Å². The first-order chi connectivity index (χ1) is 8.49. The smallest absolute Gasteiger partial charge is 0.180 e. The van der Waals surface area contributed by atoms with E-state index in [-0.39, 0.29) is 22.4 Å². The summed E-state index contributed by atoms with van der Waals surface area (Å²) in [5.74, 6) is 0.0868. The molecule has 0 aliphatic carbocycles. The van der Waals surface area contributed by atoms with Gasteiger partial charge in [-0.25, -0.2) is 8.42 Å². The van der Waals surface area contributed by atoms with Crippen LogP contribution in [0.5, 0.6) is 0 Å². The predicted octanol–water partition coefficient (Wildman–Crippen LogP) is 2.37. The topological polar surface area (TPSA) is 69.4 Å². The molecule has 4 nitrogen and oxygen atoms in total. The third-order valence-electron chi connectivity index (χ3n) is 3.04. The second kappa shape index (κ2) is 5.59. The van der Waals surface area contributed by atoms with E-state index in [0.29, 0.717) is 6.42 Å². The van der Waals surface area contributed by atoms with Crippen molar-refractivity contribution in [3.05, 3.63) is 22.7 Å². The summed E-state index contributed by atoms with van der Waals surface area (Å²) in [7, 11) is -3.32. The van der Waals surface area contributed by atoms with Crippen molar-refractivity contribution in [3.8, 4) is 0 Å². The number of rotatable bonds is 4. The molecule has 0 spiro atoms. The van der Waals surface area contributed by atoms with Gasteiger partial charge in [-0.15, -0.1) is 0 Å². The number of ether oxygens (including phenoxy) is 1. The van der Waals surface area contributed by atoms with E-state index >= 15 is 0 Å². The maximum atomic E-state index is 12.2. The van der Waals surface area contributed by atoms with E-state index in [1.54, 1.807) is 18.2 Å². The largest absolute Gasteiger partial charge is 0.398 e. The molecule has 100 valence electrons. The summed E-state index contributed by atoms with van der Waals surface area (Å²) in [6.45, 7) is 0.741. The number of halogens is 1. The van der Waals surface area contributed by atoms with Crippen LogP contribution in [0.15, 0.2) is 27.6 Å². The molecule has 1 unspecified atom stereocenters. The first-order valence-corrected chi connectivity index (χ1v) is 8.33. The average molecular weight is 334 g/mol. The molecule has 0 radical (unpaired) electrons. The fourth-order valence-corrected chi connectivity index (χ4v) is 3.94. The Labute approximate surface area is 116 Å². The Bertz CT molecular complexity index is 524. The number of nitrogens with two attached hydrogens (primary N) is 1. The highest BCUT2D eigenvalue weighted by atomic mass is 79.9. The van der Waals surface area contributed by atoms with Gasteiger partial charge in [0.25, 0.3) is 0 Å². The van der Waals surface area contributed by atoms with Crippen LogP contribution in [-0.4, -0.2) is 26.9 Å². The molecule has 18 heavy (non-hydrogen) atoms. The number of hydrogen-bond donors (Lipinski definition) is 1. The van der Waals surface area contributed by atoms with Gasteiger partial charge in [0.15, 0.2) is 9.84 Å². The van der Waals surface area contributed by atoms with Gasteiger partial charge >= 0.3 is 0 Å². The van der Waals surface area contributed by atoms with Crippen molar-refractivity contribution in [2.75, 3.05) is 18.1 Å². The Hall–Kier alpha value is -0.590. The molecule has 1 aromatic carbocycles. The minimum atomic E-state index is -3.32. The molecule has 1 heterocycles. The van der Waals surface area contributed by atoms with Gasteiger partial charge in [-0.1, -0.05) is 15.9 Å². The zero-order valence-electron chi connectivity index (χ0n) is 9.93. The monoisotopic (exact) mass is 333 g/mol. The summed E-state index contributed by atoms with van der Waals surface area (Å²) >= 11 is 3.26. The molecule has 0 saturated carbocycles. The van der Waals surface area contributed by atoms with E-state index in [2.05, 4.69) is 15.9 Å². The van der Waals surface area contributed by atoms with Crippen molar-refractivity contribution in [1.29, 1.82) is 0 Å².